The van der Waals surface area contributed by atoms with E-state index in [4.69, 9.17) is 5.11 Å². The first kappa shape index (κ1) is 13.0. The van der Waals surface area contributed by atoms with Crippen LogP contribution in [-0.2, 0) is 15.0 Å². The smallest absolute Gasteiger partial charge is 0.315 e. The number of aliphatic carboxylic acids is 2. The summed E-state index contributed by atoms with van der Waals surface area (Å²) >= 11 is 1.67. The second kappa shape index (κ2) is 4.65. The van der Waals surface area contributed by atoms with Crippen molar-refractivity contribution in [2.24, 2.45) is 5.92 Å². The van der Waals surface area contributed by atoms with E-state index in [-0.39, 0.29) is 6.42 Å². The Morgan fingerprint density at radius 3 is 2.33 bits per heavy atom. The summed E-state index contributed by atoms with van der Waals surface area (Å²) in [5.74, 6) is -1.95. The summed E-state index contributed by atoms with van der Waals surface area (Å²) in [6.07, 6.45) is 0.179. The molecule has 0 amide bonds. The second-order valence-corrected chi connectivity index (χ2v) is 5.67. The van der Waals surface area contributed by atoms with Gasteiger partial charge < -0.3 is 10.2 Å². The lowest BCUT2D eigenvalue weighted by molar-refractivity contribution is -0.145. The van der Waals surface area contributed by atoms with E-state index in [9.17, 15) is 14.7 Å². The molecule has 2 atom stereocenters. The van der Waals surface area contributed by atoms with Gasteiger partial charge >= 0.3 is 11.9 Å². The topological polar surface area (TPSA) is 74.6 Å². The summed E-state index contributed by atoms with van der Waals surface area (Å²) < 4.78 is 0. The highest BCUT2D eigenvalue weighted by Gasteiger charge is 2.65. The molecular weight excluding hydrogens is 252 g/mol. The molecule has 2 unspecified atom stereocenters. The minimum atomic E-state index is -1.22. The van der Waals surface area contributed by atoms with Crippen molar-refractivity contribution in [1.29, 1.82) is 0 Å². The number of hydrogen-bond donors (Lipinski definition) is 2. The van der Waals surface area contributed by atoms with E-state index in [1.807, 2.05) is 19.1 Å². The molecule has 0 bridgehead atoms. The summed E-state index contributed by atoms with van der Waals surface area (Å²) in [4.78, 5) is 23.4. The Bertz CT molecular complexity index is 482. The number of benzene rings is 1. The van der Waals surface area contributed by atoms with Gasteiger partial charge in [0.1, 0.15) is 5.41 Å². The molecule has 1 aromatic rings. The number of carboxylic acids is 2. The average Bonchev–Trinajstić information content (AvgIpc) is 3.07. The average molecular weight is 266 g/mol. The molecule has 2 N–H and O–H groups in total. The van der Waals surface area contributed by atoms with Gasteiger partial charge in [0.2, 0.25) is 0 Å². The fraction of sp³-hybridized carbons (Fsp3) is 0.385. The van der Waals surface area contributed by atoms with E-state index >= 15 is 0 Å². The van der Waals surface area contributed by atoms with Gasteiger partial charge in [-0.2, -0.15) is 0 Å². The zero-order chi connectivity index (χ0) is 13.3. The minimum Gasteiger partial charge on any atom is -0.481 e. The number of carboxylic acid groups (broad SMARTS) is 2. The molecule has 1 saturated carbocycles. The van der Waals surface area contributed by atoms with Crippen molar-refractivity contribution in [3.05, 3.63) is 29.8 Å². The van der Waals surface area contributed by atoms with Crippen molar-refractivity contribution >= 4 is 23.7 Å². The van der Waals surface area contributed by atoms with Crippen LogP contribution in [0.3, 0.4) is 0 Å². The molecule has 1 fully saturated rings. The van der Waals surface area contributed by atoms with Crippen LogP contribution in [0.4, 0.5) is 0 Å². The molecule has 0 saturated heterocycles. The second-order valence-electron chi connectivity index (χ2n) is 4.33. The molecule has 0 heterocycles. The van der Waals surface area contributed by atoms with Crippen LogP contribution in [-0.4, -0.2) is 27.9 Å². The molecule has 1 aromatic carbocycles. The fourth-order valence-corrected chi connectivity index (χ4v) is 2.92. The zero-order valence-electron chi connectivity index (χ0n) is 9.92. The molecule has 0 spiro atoms. The third kappa shape index (κ3) is 1.99. The first-order chi connectivity index (χ1) is 8.52. The van der Waals surface area contributed by atoms with Gasteiger partial charge in [0.25, 0.3) is 0 Å². The molecule has 0 aliphatic heterocycles. The lowest BCUT2D eigenvalue weighted by atomic mass is 9.93. The first-order valence-corrected chi connectivity index (χ1v) is 6.70. The van der Waals surface area contributed by atoms with Crippen molar-refractivity contribution in [2.45, 2.75) is 23.7 Å². The monoisotopic (exact) mass is 266 g/mol. The first-order valence-electron chi connectivity index (χ1n) is 5.72. The number of rotatable bonds is 5. The third-order valence-corrected chi connectivity index (χ3v) is 4.22. The molecule has 0 radical (unpaired) electrons. The number of thioether (sulfide) groups is 1. The Morgan fingerprint density at radius 2 is 1.94 bits per heavy atom. The SMILES string of the molecule is CCSc1ccc(C2(C(=O)O)CC2C(=O)O)cc1. The standard InChI is InChI=1S/C13H14O4S/c1-2-18-9-5-3-8(4-6-9)13(12(16)17)7-10(13)11(14)15/h3-6,10H,2,7H2,1H3,(H,14,15)(H,16,17). The van der Waals surface area contributed by atoms with Crippen molar-refractivity contribution in [1.82, 2.24) is 0 Å². The van der Waals surface area contributed by atoms with Gasteiger partial charge in [0.15, 0.2) is 0 Å². The van der Waals surface area contributed by atoms with E-state index in [1.54, 1.807) is 23.9 Å². The Morgan fingerprint density at radius 1 is 1.33 bits per heavy atom. The fourth-order valence-electron chi connectivity index (χ4n) is 2.26. The summed E-state index contributed by atoms with van der Waals surface area (Å²) in [5.41, 5.74) is -0.635. The summed E-state index contributed by atoms with van der Waals surface area (Å²) in [5, 5.41) is 18.3. The zero-order valence-corrected chi connectivity index (χ0v) is 10.7. The molecule has 5 heteroatoms. The normalized spacial score (nSPS) is 25.7. The summed E-state index contributed by atoms with van der Waals surface area (Å²) in [6.45, 7) is 2.04. The van der Waals surface area contributed by atoms with Gasteiger partial charge in [-0.05, 0) is 29.9 Å². The predicted octanol–water partition coefficient (Wildman–Crippen LogP) is 2.23. The Hall–Kier alpha value is -1.49. The van der Waals surface area contributed by atoms with Crippen LogP contribution in [0.5, 0.6) is 0 Å². The van der Waals surface area contributed by atoms with Crippen LogP contribution in [0.2, 0.25) is 0 Å². The van der Waals surface area contributed by atoms with E-state index in [0.717, 1.165) is 10.6 Å². The van der Waals surface area contributed by atoms with E-state index in [1.165, 1.54) is 0 Å². The van der Waals surface area contributed by atoms with Crippen LogP contribution in [0.1, 0.15) is 18.9 Å². The highest BCUT2D eigenvalue weighted by Crippen LogP contribution is 2.54. The Labute approximate surface area is 109 Å². The molecule has 18 heavy (non-hydrogen) atoms. The highest BCUT2D eigenvalue weighted by molar-refractivity contribution is 7.99. The van der Waals surface area contributed by atoms with Gasteiger partial charge in [0, 0.05) is 4.90 Å². The molecule has 1 aliphatic rings. The van der Waals surface area contributed by atoms with E-state index in [0.29, 0.717) is 5.56 Å². The van der Waals surface area contributed by atoms with Gasteiger partial charge in [-0.15, -0.1) is 11.8 Å². The van der Waals surface area contributed by atoms with Crippen molar-refractivity contribution in [2.75, 3.05) is 5.75 Å². The van der Waals surface area contributed by atoms with Crippen LogP contribution in [0, 0.1) is 5.92 Å². The van der Waals surface area contributed by atoms with Crippen molar-refractivity contribution in [3.8, 4) is 0 Å². The number of hydrogen-bond acceptors (Lipinski definition) is 3. The van der Waals surface area contributed by atoms with Crippen LogP contribution < -0.4 is 0 Å². The largest absolute Gasteiger partial charge is 0.481 e. The summed E-state index contributed by atoms with van der Waals surface area (Å²) in [6, 6.07) is 7.17. The predicted molar refractivity (Wildman–Crippen MR) is 67.9 cm³/mol. The van der Waals surface area contributed by atoms with Crippen LogP contribution in [0.15, 0.2) is 29.2 Å². The maximum atomic E-state index is 11.3. The van der Waals surface area contributed by atoms with Crippen molar-refractivity contribution in [3.63, 3.8) is 0 Å². The lowest BCUT2D eigenvalue weighted by Crippen LogP contribution is -2.25. The maximum absolute atomic E-state index is 11.3. The van der Waals surface area contributed by atoms with Crippen molar-refractivity contribution < 1.29 is 19.8 Å². The molecule has 0 aromatic heterocycles. The maximum Gasteiger partial charge on any atom is 0.315 e. The van der Waals surface area contributed by atoms with Crippen LogP contribution in [0.25, 0.3) is 0 Å². The molecule has 1 aliphatic carbocycles. The highest BCUT2D eigenvalue weighted by atomic mass is 32.2. The Balaban J connectivity index is 2.29. The lowest BCUT2D eigenvalue weighted by Gasteiger charge is -2.12. The summed E-state index contributed by atoms with van der Waals surface area (Å²) in [7, 11) is 0. The van der Waals surface area contributed by atoms with Gasteiger partial charge in [-0.25, -0.2) is 0 Å². The van der Waals surface area contributed by atoms with Crippen LogP contribution >= 0.6 is 11.8 Å². The Kier molecular flexibility index (Phi) is 3.34. The van der Waals surface area contributed by atoms with E-state index in [2.05, 4.69) is 0 Å². The van der Waals surface area contributed by atoms with E-state index < -0.39 is 23.3 Å². The molecular formula is C13H14O4S. The molecule has 2 rings (SSSR count). The molecule has 96 valence electrons. The van der Waals surface area contributed by atoms with Gasteiger partial charge in [0.05, 0.1) is 5.92 Å². The number of carbonyl (C=O) groups is 2. The van der Waals surface area contributed by atoms with Gasteiger partial charge in [-0.1, -0.05) is 19.1 Å². The minimum absolute atomic E-state index is 0.179. The molecule has 4 nitrogen and oxygen atoms in total. The van der Waals surface area contributed by atoms with Gasteiger partial charge in [-0.3, -0.25) is 9.59 Å². The quantitative estimate of drug-likeness (QED) is 0.799. The third-order valence-electron chi connectivity index (χ3n) is 3.32.